The molecule has 0 spiro atoms. The first-order chi connectivity index (χ1) is 13.1. The van der Waals surface area contributed by atoms with Gasteiger partial charge in [-0.1, -0.05) is 35.1 Å². The number of benzene rings is 2. The van der Waals surface area contributed by atoms with Gasteiger partial charge >= 0.3 is 0 Å². The highest BCUT2D eigenvalue weighted by Crippen LogP contribution is 2.31. The molecule has 140 valence electrons. The highest BCUT2D eigenvalue weighted by molar-refractivity contribution is 8.00. The Morgan fingerprint density at radius 1 is 1.15 bits per heavy atom. The summed E-state index contributed by atoms with van der Waals surface area (Å²) >= 11 is 9.19. The largest absolute Gasteiger partial charge is 0.345 e. The monoisotopic (exact) mass is 417 g/mol. The number of thioether (sulfide) groups is 1. The number of hydrogen-bond donors (Lipinski definition) is 0. The molecule has 0 aliphatic carbocycles. The summed E-state index contributed by atoms with van der Waals surface area (Å²) in [7, 11) is 0. The van der Waals surface area contributed by atoms with Gasteiger partial charge in [-0.05, 0) is 42.8 Å². The average Bonchev–Trinajstić information content (AvgIpc) is 3.13. The third-order valence-corrected chi connectivity index (χ3v) is 7.02. The Morgan fingerprint density at radius 2 is 1.89 bits per heavy atom. The molecule has 0 saturated carbocycles. The van der Waals surface area contributed by atoms with Crippen LogP contribution >= 0.6 is 34.7 Å². The highest BCUT2D eigenvalue weighted by atomic mass is 35.5. The number of thiazole rings is 1. The lowest BCUT2D eigenvalue weighted by molar-refractivity contribution is -0.128. The minimum atomic E-state index is 0.190. The summed E-state index contributed by atoms with van der Waals surface area (Å²) in [5.74, 6) is 0.650. The van der Waals surface area contributed by atoms with Crippen molar-refractivity contribution in [3.05, 3.63) is 53.1 Å². The van der Waals surface area contributed by atoms with E-state index in [0.29, 0.717) is 10.8 Å². The van der Waals surface area contributed by atoms with E-state index in [9.17, 15) is 4.79 Å². The second-order valence-electron chi connectivity index (χ2n) is 6.53. The third-order valence-electron chi connectivity index (χ3n) is 4.69. The molecule has 27 heavy (non-hydrogen) atoms. The molecule has 0 unspecified atom stereocenters. The first-order valence-electron chi connectivity index (χ1n) is 8.87. The number of piperazine rings is 1. The van der Waals surface area contributed by atoms with Crippen LogP contribution in [-0.4, -0.2) is 47.7 Å². The summed E-state index contributed by atoms with van der Waals surface area (Å²) < 4.78 is 1.22. The second-order valence-corrected chi connectivity index (χ2v) is 9.02. The molecule has 1 aromatic heterocycles. The molecule has 2 aromatic carbocycles. The first kappa shape index (κ1) is 18.6. The molecule has 0 bridgehead atoms. The molecule has 1 amide bonds. The standard InChI is InChI=1S/C20H20ClN3OS2/c1-14-3-2-4-17-19(14)22-20(27-17)24-11-9-23(10-12-24)18(25)13-26-16-7-5-15(21)6-8-16/h2-8H,9-13H2,1H3. The van der Waals surface area contributed by atoms with Crippen LogP contribution in [0.5, 0.6) is 0 Å². The number of nitrogens with zero attached hydrogens (tertiary/aromatic N) is 3. The van der Waals surface area contributed by atoms with E-state index in [0.717, 1.165) is 41.7 Å². The van der Waals surface area contributed by atoms with E-state index in [1.165, 1.54) is 10.3 Å². The highest BCUT2D eigenvalue weighted by Gasteiger charge is 2.23. The second kappa shape index (κ2) is 8.09. The van der Waals surface area contributed by atoms with Crippen LogP contribution in [0.4, 0.5) is 5.13 Å². The van der Waals surface area contributed by atoms with Gasteiger partial charge in [-0.25, -0.2) is 4.98 Å². The SMILES string of the molecule is Cc1cccc2sc(N3CCN(C(=O)CSc4ccc(Cl)cc4)CC3)nc12. The third kappa shape index (κ3) is 4.23. The van der Waals surface area contributed by atoms with Crippen molar-refractivity contribution in [3.63, 3.8) is 0 Å². The Bertz CT molecular complexity index is 950. The molecule has 2 heterocycles. The fourth-order valence-electron chi connectivity index (χ4n) is 3.12. The molecule has 1 fully saturated rings. The Hall–Kier alpha value is -1.76. The quantitative estimate of drug-likeness (QED) is 0.576. The van der Waals surface area contributed by atoms with Crippen LogP contribution < -0.4 is 4.90 Å². The zero-order valence-electron chi connectivity index (χ0n) is 15.0. The van der Waals surface area contributed by atoms with Gasteiger partial charge in [0.25, 0.3) is 0 Å². The molecule has 1 saturated heterocycles. The zero-order valence-corrected chi connectivity index (χ0v) is 17.4. The maximum absolute atomic E-state index is 12.5. The predicted molar refractivity (Wildman–Crippen MR) is 115 cm³/mol. The first-order valence-corrected chi connectivity index (χ1v) is 11.1. The number of carbonyl (C=O) groups excluding carboxylic acids is 1. The summed E-state index contributed by atoms with van der Waals surface area (Å²) in [6, 6.07) is 13.9. The lowest BCUT2D eigenvalue weighted by Gasteiger charge is -2.34. The van der Waals surface area contributed by atoms with Crippen molar-refractivity contribution in [2.24, 2.45) is 0 Å². The average molecular weight is 418 g/mol. The lowest BCUT2D eigenvalue weighted by Crippen LogP contribution is -2.49. The normalized spacial score (nSPS) is 14.7. The van der Waals surface area contributed by atoms with Crippen molar-refractivity contribution in [1.82, 2.24) is 9.88 Å². The van der Waals surface area contributed by atoms with Gasteiger partial charge in [0.1, 0.15) is 0 Å². The van der Waals surface area contributed by atoms with Crippen LogP contribution in [0.25, 0.3) is 10.2 Å². The lowest BCUT2D eigenvalue weighted by atomic mass is 10.2. The summed E-state index contributed by atoms with van der Waals surface area (Å²) in [6.45, 7) is 5.25. The molecule has 0 radical (unpaired) electrons. The van der Waals surface area contributed by atoms with Crippen LogP contribution in [0.3, 0.4) is 0 Å². The van der Waals surface area contributed by atoms with Gasteiger partial charge in [0, 0.05) is 36.1 Å². The summed E-state index contributed by atoms with van der Waals surface area (Å²) in [5.41, 5.74) is 2.30. The fraction of sp³-hybridized carbons (Fsp3) is 0.300. The van der Waals surface area contributed by atoms with Crippen molar-refractivity contribution in [2.75, 3.05) is 36.8 Å². The van der Waals surface area contributed by atoms with E-state index in [1.807, 2.05) is 29.2 Å². The van der Waals surface area contributed by atoms with Crippen molar-refractivity contribution >= 4 is 56.0 Å². The van der Waals surface area contributed by atoms with Crippen molar-refractivity contribution in [3.8, 4) is 0 Å². The topological polar surface area (TPSA) is 36.4 Å². The summed E-state index contributed by atoms with van der Waals surface area (Å²) in [4.78, 5) is 22.6. The minimum absolute atomic E-state index is 0.190. The number of anilines is 1. The fourth-order valence-corrected chi connectivity index (χ4v) is 5.15. The van der Waals surface area contributed by atoms with Gasteiger partial charge in [0.05, 0.1) is 16.0 Å². The van der Waals surface area contributed by atoms with Gasteiger partial charge in [-0.15, -0.1) is 11.8 Å². The number of halogens is 1. The molecule has 1 aliphatic heterocycles. The van der Waals surface area contributed by atoms with Crippen molar-refractivity contribution < 1.29 is 4.79 Å². The van der Waals surface area contributed by atoms with E-state index >= 15 is 0 Å². The zero-order chi connectivity index (χ0) is 18.8. The number of carbonyl (C=O) groups is 1. The number of amides is 1. The molecule has 4 rings (SSSR count). The molecular formula is C20H20ClN3OS2. The Balaban J connectivity index is 1.33. The van der Waals surface area contributed by atoms with Crippen LogP contribution in [0.2, 0.25) is 5.02 Å². The van der Waals surface area contributed by atoms with Crippen LogP contribution in [0, 0.1) is 6.92 Å². The van der Waals surface area contributed by atoms with Crippen LogP contribution in [-0.2, 0) is 4.79 Å². The number of aromatic nitrogens is 1. The number of fused-ring (bicyclic) bond motifs is 1. The van der Waals surface area contributed by atoms with Crippen molar-refractivity contribution in [2.45, 2.75) is 11.8 Å². The summed E-state index contributed by atoms with van der Waals surface area (Å²) in [6.07, 6.45) is 0. The van der Waals surface area contributed by atoms with E-state index in [1.54, 1.807) is 23.1 Å². The molecule has 3 aromatic rings. The van der Waals surface area contributed by atoms with E-state index in [4.69, 9.17) is 16.6 Å². The van der Waals surface area contributed by atoms with Gasteiger partial charge in [-0.3, -0.25) is 4.79 Å². The number of aryl methyl sites for hydroxylation is 1. The Morgan fingerprint density at radius 3 is 2.59 bits per heavy atom. The van der Waals surface area contributed by atoms with Gasteiger partial charge in [-0.2, -0.15) is 0 Å². The predicted octanol–water partition coefficient (Wildman–Crippen LogP) is 4.70. The smallest absolute Gasteiger partial charge is 0.233 e. The molecule has 0 atom stereocenters. The molecule has 4 nitrogen and oxygen atoms in total. The Kier molecular flexibility index (Phi) is 5.57. The van der Waals surface area contributed by atoms with Gasteiger partial charge < -0.3 is 9.80 Å². The van der Waals surface area contributed by atoms with Gasteiger partial charge in [0.15, 0.2) is 5.13 Å². The van der Waals surface area contributed by atoms with E-state index < -0.39 is 0 Å². The number of para-hydroxylation sites is 1. The maximum atomic E-state index is 12.5. The molecular weight excluding hydrogens is 398 g/mol. The summed E-state index contributed by atoms with van der Waals surface area (Å²) in [5, 5.41) is 1.77. The Labute approximate surface area is 172 Å². The van der Waals surface area contributed by atoms with Crippen molar-refractivity contribution in [1.29, 1.82) is 0 Å². The number of rotatable bonds is 4. The van der Waals surface area contributed by atoms with Gasteiger partial charge in [0.2, 0.25) is 5.91 Å². The molecule has 7 heteroatoms. The molecule has 1 aliphatic rings. The van der Waals surface area contributed by atoms with E-state index in [-0.39, 0.29) is 5.91 Å². The van der Waals surface area contributed by atoms with Crippen LogP contribution in [0.1, 0.15) is 5.56 Å². The van der Waals surface area contributed by atoms with E-state index in [2.05, 4.69) is 30.0 Å². The number of hydrogen-bond acceptors (Lipinski definition) is 5. The van der Waals surface area contributed by atoms with Crippen LogP contribution in [0.15, 0.2) is 47.4 Å². The maximum Gasteiger partial charge on any atom is 0.233 e. The molecule has 0 N–H and O–H groups in total. The minimum Gasteiger partial charge on any atom is -0.345 e.